The van der Waals surface area contributed by atoms with Crippen LogP contribution in [0.4, 0.5) is 4.39 Å². The maximum Gasteiger partial charge on any atom is 0.317 e. The number of likely N-dealkylation sites (tertiary alicyclic amines) is 1. The van der Waals surface area contributed by atoms with Crippen molar-refractivity contribution < 1.29 is 19.1 Å². The van der Waals surface area contributed by atoms with Crippen LogP contribution in [0.3, 0.4) is 0 Å². The summed E-state index contributed by atoms with van der Waals surface area (Å²) in [6, 6.07) is 4.43. The molecule has 126 valence electrons. The van der Waals surface area contributed by atoms with Gasteiger partial charge in [0.15, 0.2) is 0 Å². The highest BCUT2D eigenvalue weighted by Crippen LogP contribution is 2.21. The predicted octanol–water partition coefficient (Wildman–Crippen LogP) is 2.60. The molecule has 1 saturated heterocycles. The van der Waals surface area contributed by atoms with Gasteiger partial charge in [-0.15, -0.1) is 0 Å². The fourth-order valence-electron chi connectivity index (χ4n) is 2.92. The number of hydrogen-bond acceptors (Lipinski definition) is 3. The summed E-state index contributed by atoms with van der Waals surface area (Å²) in [5, 5.41) is 8.94. The van der Waals surface area contributed by atoms with E-state index >= 15 is 0 Å². The van der Waals surface area contributed by atoms with Crippen molar-refractivity contribution in [3.63, 3.8) is 0 Å². The molecule has 1 fully saturated rings. The predicted molar refractivity (Wildman–Crippen MR) is 87.9 cm³/mol. The van der Waals surface area contributed by atoms with Crippen LogP contribution in [-0.4, -0.2) is 59.0 Å². The molecule has 1 amide bonds. The molecule has 0 radical (unpaired) electrons. The molecular formula is C16H20BrFN2O3. The lowest BCUT2D eigenvalue weighted by Gasteiger charge is -2.37. The summed E-state index contributed by atoms with van der Waals surface area (Å²) in [6.07, 6.45) is 1.49. The van der Waals surface area contributed by atoms with Crippen molar-refractivity contribution >= 4 is 27.8 Å². The summed E-state index contributed by atoms with van der Waals surface area (Å²) >= 11 is 3.09. The molecule has 1 aliphatic rings. The summed E-state index contributed by atoms with van der Waals surface area (Å²) in [5.74, 6) is -1.35. The summed E-state index contributed by atoms with van der Waals surface area (Å²) in [6.45, 7) is 3.80. The van der Waals surface area contributed by atoms with Crippen LogP contribution < -0.4 is 0 Å². The number of benzene rings is 1. The Morgan fingerprint density at radius 3 is 2.57 bits per heavy atom. The molecule has 0 aromatic heterocycles. The Labute approximate surface area is 143 Å². The maximum atomic E-state index is 13.3. The minimum absolute atomic E-state index is 0.0278. The van der Waals surface area contributed by atoms with Crippen LogP contribution in [0.5, 0.6) is 0 Å². The number of rotatable bonds is 5. The topological polar surface area (TPSA) is 60.9 Å². The molecular weight excluding hydrogens is 367 g/mol. The van der Waals surface area contributed by atoms with Crippen LogP contribution in [-0.2, 0) is 4.79 Å². The zero-order chi connectivity index (χ0) is 17.0. The number of halogens is 2. The molecule has 23 heavy (non-hydrogen) atoms. The van der Waals surface area contributed by atoms with E-state index < -0.39 is 11.8 Å². The van der Waals surface area contributed by atoms with Crippen molar-refractivity contribution in [2.24, 2.45) is 0 Å². The molecule has 0 bridgehead atoms. The first kappa shape index (κ1) is 17.9. The van der Waals surface area contributed by atoms with E-state index in [0.29, 0.717) is 25.2 Å². The van der Waals surface area contributed by atoms with Crippen LogP contribution in [0, 0.1) is 5.82 Å². The van der Waals surface area contributed by atoms with E-state index in [-0.39, 0.29) is 23.0 Å². The highest BCUT2D eigenvalue weighted by molar-refractivity contribution is 9.10. The van der Waals surface area contributed by atoms with Crippen molar-refractivity contribution in [1.82, 2.24) is 9.80 Å². The van der Waals surface area contributed by atoms with Crippen LogP contribution in [0.25, 0.3) is 0 Å². The summed E-state index contributed by atoms with van der Waals surface area (Å²) in [7, 11) is 0. The monoisotopic (exact) mass is 386 g/mol. The highest BCUT2D eigenvalue weighted by Gasteiger charge is 2.27. The summed E-state index contributed by atoms with van der Waals surface area (Å²) < 4.78 is 13.5. The number of carbonyl (C=O) groups excluding carboxylic acids is 1. The second kappa shape index (κ2) is 7.88. The van der Waals surface area contributed by atoms with Gasteiger partial charge in [0, 0.05) is 24.7 Å². The molecule has 1 aromatic carbocycles. The van der Waals surface area contributed by atoms with Gasteiger partial charge in [0.2, 0.25) is 0 Å². The third kappa shape index (κ3) is 4.51. The number of amides is 1. The van der Waals surface area contributed by atoms with E-state index in [0.717, 1.165) is 12.8 Å². The van der Waals surface area contributed by atoms with E-state index in [4.69, 9.17) is 5.11 Å². The van der Waals surface area contributed by atoms with Crippen LogP contribution >= 0.6 is 15.9 Å². The number of carboxylic acid groups (broad SMARTS) is 1. The largest absolute Gasteiger partial charge is 0.480 e. The van der Waals surface area contributed by atoms with Gasteiger partial charge in [0.05, 0.1) is 11.0 Å². The Morgan fingerprint density at radius 2 is 2.04 bits per heavy atom. The molecule has 0 unspecified atom stereocenters. The van der Waals surface area contributed by atoms with Gasteiger partial charge in [-0.3, -0.25) is 14.5 Å². The Balaban J connectivity index is 1.96. The third-order valence-electron chi connectivity index (χ3n) is 4.18. The van der Waals surface area contributed by atoms with Crippen LogP contribution in [0.1, 0.15) is 30.1 Å². The minimum Gasteiger partial charge on any atom is -0.480 e. The quantitative estimate of drug-likeness (QED) is 0.844. The molecule has 1 aliphatic heterocycles. The van der Waals surface area contributed by atoms with Crippen molar-refractivity contribution in [1.29, 1.82) is 0 Å². The molecule has 1 aromatic rings. The minimum atomic E-state index is -0.832. The van der Waals surface area contributed by atoms with Crippen molar-refractivity contribution in [2.75, 3.05) is 26.2 Å². The average molecular weight is 387 g/mol. The normalized spacial score (nSPS) is 15.9. The Bertz CT molecular complexity index is 589. The first-order chi connectivity index (χ1) is 10.9. The third-order valence-corrected chi connectivity index (χ3v) is 4.79. The molecule has 0 saturated carbocycles. The van der Waals surface area contributed by atoms with Crippen LogP contribution in [0.15, 0.2) is 22.7 Å². The number of aliphatic carboxylic acids is 1. The lowest BCUT2D eigenvalue weighted by molar-refractivity contribution is -0.139. The molecule has 0 aliphatic carbocycles. The molecule has 1 N–H and O–H groups in total. The van der Waals surface area contributed by atoms with Gasteiger partial charge in [-0.2, -0.15) is 0 Å². The average Bonchev–Trinajstić information content (AvgIpc) is 2.54. The van der Waals surface area contributed by atoms with E-state index in [1.165, 1.54) is 18.2 Å². The van der Waals surface area contributed by atoms with E-state index in [9.17, 15) is 14.0 Å². The zero-order valence-electron chi connectivity index (χ0n) is 13.0. The van der Waals surface area contributed by atoms with Crippen molar-refractivity contribution in [3.05, 3.63) is 34.1 Å². The number of piperidine rings is 1. The number of carboxylic acids is 1. The number of hydrogen-bond donors (Lipinski definition) is 1. The smallest absolute Gasteiger partial charge is 0.317 e. The van der Waals surface area contributed by atoms with Gasteiger partial charge in [-0.05, 0) is 53.5 Å². The van der Waals surface area contributed by atoms with E-state index in [1.54, 1.807) is 4.90 Å². The lowest BCUT2D eigenvalue weighted by atomic mass is 10.0. The summed E-state index contributed by atoms with van der Waals surface area (Å²) in [4.78, 5) is 27.0. The van der Waals surface area contributed by atoms with Gasteiger partial charge < -0.3 is 10.0 Å². The maximum absolute atomic E-state index is 13.3. The fourth-order valence-corrected chi connectivity index (χ4v) is 3.30. The van der Waals surface area contributed by atoms with Gasteiger partial charge >= 0.3 is 5.97 Å². The van der Waals surface area contributed by atoms with Crippen LogP contribution in [0.2, 0.25) is 0 Å². The van der Waals surface area contributed by atoms with Gasteiger partial charge in [-0.1, -0.05) is 6.92 Å². The molecule has 5 nitrogen and oxygen atoms in total. The Kier molecular flexibility index (Phi) is 6.12. The SMILES string of the molecule is CCN(CC(=O)O)C1CCN(C(=O)c2ccc(F)c(Br)c2)CC1. The molecule has 2 rings (SSSR count). The highest BCUT2D eigenvalue weighted by atomic mass is 79.9. The summed E-state index contributed by atoms with van der Waals surface area (Å²) in [5.41, 5.74) is 0.453. The van der Waals surface area contributed by atoms with Gasteiger partial charge in [-0.25, -0.2) is 4.39 Å². The number of likely N-dealkylation sites (N-methyl/N-ethyl adjacent to an activating group) is 1. The molecule has 7 heteroatoms. The second-order valence-electron chi connectivity index (χ2n) is 5.61. The Hall–Kier alpha value is -1.47. The standard InChI is InChI=1S/C16H20BrFN2O3/c1-2-19(10-15(21)22)12-5-7-20(8-6-12)16(23)11-3-4-14(18)13(17)9-11/h3-4,9,12H,2,5-8,10H2,1H3,(H,21,22). The van der Waals surface area contributed by atoms with Crippen molar-refractivity contribution in [3.8, 4) is 0 Å². The first-order valence-corrected chi connectivity index (χ1v) is 8.41. The van der Waals surface area contributed by atoms with Gasteiger partial charge in [0.1, 0.15) is 5.82 Å². The number of carbonyl (C=O) groups is 2. The lowest BCUT2D eigenvalue weighted by Crippen LogP contribution is -2.48. The number of nitrogens with zero attached hydrogens (tertiary/aromatic N) is 2. The molecule has 1 heterocycles. The van der Waals surface area contributed by atoms with E-state index in [2.05, 4.69) is 15.9 Å². The molecule has 0 spiro atoms. The first-order valence-electron chi connectivity index (χ1n) is 7.62. The van der Waals surface area contributed by atoms with E-state index in [1.807, 2.05) is 11.8 Å². The second-order valence-corrected chi connectivity index (χ2v) is 6.46. The fraction of sp³-hybridized carbons (Fsp3) is 0.500. The molecule has 0 atom stereocenters. The van der Waals surface area contributed by atoms with Gasteiger partial charge in [0.25, 0.3) is 5.91 Å². The zero-order valence-corrected chi connectivity index (χ0v) is 14.6. The van der Waals surface area contributed by atoms with Crippen molar-refractivity contribution in [2.45, 2.75) is 25.8 Å². The Morgan fingerprint density at radius 1 is 1.39 bits per heavy atom.